The molecular formula is C10H9NO2. The Bertz CT molecular complexity index is 377. The van der Waals surface area contributed by atoms with Crippen LogP contribution in [0.25, 0.3) is 4.85 Å². The summed E-state index contributed by atoms with van der Waals surface area (Å²) >= 11 is 0. The second kappa shape index (κ2) is 3.72. The van der Waals surface area contributed by atoms with Gasteiger partial charge in [0.1, 0.15) is 0 Å². The predicted molar refractivity (Wildman–Crippen MR) is 48.8 cm³/mol. The maximum Gasteiger partial charge on any atom is 0.307 e. The van der Waals surface area contributed by atoms with Gasteiger partial charge in [-0.2, -0.15) is 0 Å². The molecule has 0 unspecified atom stereocenters. The molecule has 1 aromatic rings. The van der Waals surface area contributed by atoms with Gasteiger partial charge in [0.25, 0.3) is 0 Å². The summed E-state index contributed by atoms with van der Waals surface area (Å²) in [5, 5.41) is 8.56. The van der Waals surface area contributed by atoms with E-state index in [9.17, 15) is 4.79 Å². The van der Waals surface area contributed by atoms with E-state index in [0.717, 1.165) is 11.1 Å². The van der Waals surface area contributed by atoms with Crippen molar-refractivity contribution in [3.8, 4) is 0 Å². The number of benzene rings is 1. The van der Waals surface area contributed by atoms with Gasteiger partial charge in [-0.1, -0.05) is 23.8 Å². The normalized spacial score (nSPS) is 9.23. The number of nitrogens with zero attached hydrogens (tertiary/aromatic N) is 1. The molecule has 3 nitrogen and oxygen atoms in total. The number of aliphatic carboxylic acids is 1. The van der Waals surface area contributed by atoms with Crippen LogP contribution in [0.4, 0.5) is 5.69 Å². The number of aryl methyl sites for hydroxylation is 1. The van der Waals surface area contributed by atoms with Crippen LogP contribution in [0.15, 0.2) is 18.2 Å². The molecule has 0 fully saturated rings. The topological polar surface area (TPSA) is 41.7 Å². The Morgan fingerprint density at radius 1 is 1.62 bits per heavy atom. The van der Waals surface area contributed by atoms with Crippen molar-refractivity contribution in [1.29, 1.82) is 0 Å². The summed E-state index contributed by atoms with van der Waals surface area (Å²) in [5.41, 5.74) is 2.17. The molecule has 0 heterocycles. The summed E-state index contributed by atoms with van der Waals surface area (Å²) in [6.45, 7) is 8.57. The number of hydrogen-bond donors (Lipinski definition) is 1. The van der Waals surface area contributed by atoms with E-state index in [1.165, 1.54) is 0 Å². The lowest BCUT2D eigenvalue weighted by molar-refractivity contribution is -0.136. The van der Waals surface area contributed by atoms with Gasteiger partial charge < -0.3 is 5.11 Å². The largest absolute Gasteiger partial charge is 0.481 e. The quantitative estimate of drug-likeness (QED) is 0.700. The van der Waals surface area contributed by atoms with E-state index in [4.69, 9.17) is 11.7 Å². The second-order valence-corrected chi connectivity index (χ2v) is 2.79. The maximum absolute atomic E-state index is 10.4. The standard InChI is InChI=1S/C10H9NO2/c1-7-5-9(11-2)4-3-8(7)6-10(12)13/h3-5H,6H2,1H3,(H,12,13). The van der Waals surface area contributed by atoms with Gasteiger partial charge in [0.2, 0.25) is 0 Å². The van der Waals surface area contributed by atoms with Gasteiger partial charge >= 0.3 is 5.97 Å². The van der Waals surface area contributed by atoms with E-state index >= 15 is 0 Å². The molecule has 0 atom stereocenters. The van der Waals surface area contributed by atoms with Gasteiger partial charge in [0, 0.05) is 0 Å². The Morgan fingerprint density at radius 3 is 2.77 bits per heavy atom. The molecule has 1 aromatic carbocycles. The highest BCUT2D eigenvalue weighted by atomic mass is 16.4. The molecule has 0 aromatic heterocycles. The third kappa shape index (κ3) is 2.31. The van der Waals surface area contributed by atoms with E-state index in [1.54, 1.807) is 18.2 Å². The van der Waals surface area contributed by atoms with Crippen LogP contribution in [0.5, 0.6) is 0 Å². The fourth-order valence-electron chi connectivity index (χ4n) is 1.11. The summed E-state index contributed by atoms with van der Waals surface area (Å²) in [4.78, 5) is 13.7. The molecule has 0 aliphatic heterocycles. The fourth-order valence-corrected chi connectivity index (χ4v) is 1.11. The highest BCUT2D eigenvalue weighted by Gasteiger charge is 2.03. The van der Waals surface area contributed by atoms with E-state index in [2.05, 4.69) is 4.85 Å². The van der Waals surface area contributed by atoms with E-state index in [0.29, 0.717) is 5.69 Å². The third-order valence-corrected chi connectivity index (χ3v) is 1.80. The molecule has 0 amide bonds. The first kappa shape index (κ1) is 9.27. The third-order valence-electron chi connectivity index (χ3n) is 1.80. The number of carbonyl (C=O) groups is 1. The van der Waals surface area contributed by atoms with Crippen LogP contribution in [0, 0.1) is 13.5 Å². The molecule has 1 rings (SSSR count). The molecule has 0 saturated carbocycles. The number of hydrogen-bond acceptors (Lipinski definition) is 1. The van der Waals surface area contributed by atoms with Crippen molar-refractivity contribution < 1.29 is 9.90 Å². The number of rotatable bonds is 2. The zero-order valence-corrected chi connectivity index (χ0v) is 7.24. The summed E-state index contributed by atoms with van der Waals surface area (Å²) in [6, 6.07) is 5.03. The first-order valence-electron chi connectivity index (χ1n) is 3.82. The minimum atomic E-state index is -0.848. The van der Waals surface area contributed by atoms with Gasteiger partial charge in [0.05, 0.1) is 13.0 Å². The number of carboxylic acids is 1. The monoisotopic (exact) mass is 175 g/mol. The Hall–Kier alpha value is -1.82. The molecular weight excluding hydrogens is 166 g/mol. The second-order valence-electron chi connectivity index (χ2n) is 2.79. The zero-order valence-electron chi connectivity index (χ0n) is 7.24. The summed E-state index contributed by atoms with van der Waals surface area (Å²) < 4.78 is 0. The molecule has 0 radical (unpaired) electrons. The van der Waals surface area contributed by atoms with Crippen LogP contribution in [-0.4, -0.2) is 11.1 Å². The van der Waals surface area contributed by atoms with Gasteiger partial charge in [-0.25, -0.2) is 4.85 Å². The van der Waals surface area contributed by atoms with Gasteiger partial charge in [-0.15, -0.1) is 0 Å². The van der Waals surface area contributed by atoms with E-state index in [1.807, 2.05) is 6.92 Å². The Kier molecular flexibility index (Phi) is 2.65. The van der Waals surface area contributed by atoms with Crippen molar-refractivity contribution in [1.82, 2.24) is 0 Å². The van der Waals surface area contributed by atoms with Crippen molar-refractivity contribution in [3.05, 3.63) is 40.7 Å². The fraction of sp³-hybridized carbons (Fsp3) is 0.200. The highest BCUT2D eigenvalue weighted by Crippen LogP contribution is 2.17. The zero-order chi connectivity index (χ0) is 9.84. The molecule has 13 heavy (non-hydrogen) atoms. The van der Waals surface area contributed by atoms with Crippen molar-refractivity contribution in [2.45, 2.75) is 13.3 Å². The lowest BCUT2D eigenvalue weighted by Crippen LogP contribution is -2.01. The molecule has 0 spiro atoms. The first-order valence-corrected chi connectivity index (χ1v) is 3.82. The maximum atomic E-state index is 10.4. The predicted octanol–water partition coefficient (Wildman–Crippen LogP) is 2.17. The van der Waals surface area contributed by atoms with Gasteiger partial charge in [-0.05, 0) is 12.5 Å². The Balaban J connectivity index is 3.00. The summed E-state index contributed by atoms with van der Waals surface area (Å²) in [7, 11) is 0. The molecule has 3 heteroatoms. The van der Waals surface area contributed by atoms with Crippen molar-refractivity contribution >= 4 is 11.7 Å². The molecule has 66 valence electrons. The Morgan fingerprint density at radius 2 is 2.31 bits per heavy atom. The van der Waals surface area contributed by atoms with Crippen LogP contribution in [0.1, 0.15) is 11.1 Å². The van der Waals surface area contributed by atoms with Crippen LogP contribution < -0.4 is 0 Å². The molecule has 0 aliphatic rings. The van der Waals surface area contributed by atoms with E-state index < -0.39 is 5.97 Å². The van der Waals surface area contributed by atoms with Crippen molar-refractivity contribution in [2.75, 3.05) is 0 Å². The van der Waals surface area contributed by atoms with E-state index in [-0.39, 0.29) is 6.42 Å². The van der Waals surface area contributed by atoms with Crippen molar-refractivity contribution in [2.24, 2.45) is 0 Å². The summed E-state index contributed by atoms with van der Waals surface area (Å²) in [6.07, 6.45) is 0.0180. The summed E-state index contributed by atoms with van der Waals surface area (Å²) in [5.74, 6) is -0.848. The Labute approximate surface area is 76.4 Å². The molecule has 0 aliphatic carbocycles. The van der Waals surface area contributed by atoms with Crippen LogP contribution in [-0.2, 0) is 11.2 Å². The average molecular weight is 175 g/mol. The van der Waals surface area contributed by atoms with Crippen molar-refractivity contribution in [3.63, 3.8) is 0 Å². The molecule has 0 bridgehead atoms. The van der Waals surface area contributed by atoms with Gasteiger partial charge in [-0.3, -0.25) is 4.79 Å². The van der Waals surface area contributed by atoms with Crippen LogP contribution >= 0.6 is 0 Å². The SMILES string of the molecule is [C-]#[N+]c1ccc(CC(=O)O)c(C)c1. The lowest BCUT2D eigenvalue weighted by atomic mass is 10.1. The molecule has 1 N–H and O–H groups in total. The highest BCUT2D eigenvalue weighted by molar-refractivity contribution is 5.71. The van der Waals surface area contributed by atoms with Gasteiger partial charge in [0.15, 0.2) is 5.69 Å². The minimum absolute atomic E-state index is 0.0180. The lowest BCUT2D eigenvalue weighted by Gasteiger charge is -2.02. The smallest absolute Gasteiger partial charge is 0.307 e. The average Bonchev–Trinajstić information content (AvgIpc) is 2.08. The minimum Gasteiger partial charge on any atom is -0.481 e. The van der Waals surface area contributed by atoms with Crippen LogP contribution in [0.2, 0.25) is 0 Å². The first-order chi connectivity index (χ1) is 6.13. The van der Waals surface area contributed by atoms with Crippen LogP contribution in [0.3, 0.4) is 0 Å². The number of carboxylic acid groups (broad SMARTS) is 1. The molecule has 0 saturated heterocycles.